The van der Waals surface area contributed by atoms with E-state index in [1.807, 2.05) is 50.2 Å². The number of hydrogen-bond acceptors (Lipinski definition) is 2. The van der Waals surface area contributed by atoms with Gasteiger partial charge in [0.2, 0.25) is 0 Å². The number of urea groups is 1. The summed E-state index contributed by atoms with van der Waals surface area (Å²) in [6.45, 7) is 3.78. The van der Waals surface area contributed by atoms with Gasteiger partial charge in [0.15, 0.2) is 0 Å². The first kappa shape index (κ1) is 15.4. The summed E-state index contributed by atoms with van der Waals surface area (Å²) in [4.78, 5) is 12.1. The van der Waals surface area contributed by atoms with Gasteiger partial charge in [-0.05, 0) is 43.2 Å². The molecular formula is C16H18ClN3O. The number of hydrogen-bond donors (Lipinski definition) is 3. The maximum absolute atomic E-state index is 12.1. The Morgan fingerprint density at radius 3 is 2.57 bits per heavy atom. The van der Waals surface area contributed by atoms with E-state index in [4.69, 9.17) is 17.3 Å². The Morgan fingerprint density at radius 2 is 1.90 bits per heavy atom. The molecule has 1 atom stereocenters. The highest BCUT2D eigenvalue weighted by Crippen LogP contribution is 2.25. The second-order valence-corrected chi connectivity index (χ2v) is 5.33. The fourth-order valence-corrected chi connectivity index (χ4v) is 2.23. The van der Waals surface area contributed by atoms with Crippen LogP contribution in [0, 0.1) is 6.92 Å². The van der Waals surface area contributed by atoms with E-state index < -0.39 is 0 Å². The summed E-state index contributed by atoms with van der Waals surface area (Å²) in [7, 11) is 0. The first-order valence-electron chi connectivity index (χ1n) is 6.66. The zero-order chi connectivity index (χ0) is 15.4. The quantitative estimate of drug-likeness (QED) is 0.791. The molecule has 0 radical (unpaired) electrons. The molecule has 2 aromatic rings. The molecule has 0 bridgehead atoms. The largest absolute Gasteiger partial charge is 0.324 e. The van der Waals surface area contributed by atoms with Gasteiger partial charge >= 0.3 is 6.03 Å². The zero-order valence-electron chi connectivity index (χ0n) is 12.0. The van der Waals surface area contributed by atoms with Gasteiger partial charge < -0.3 is 16.4 Å². The van der Waals surface area contributed by atoms with Gasteiger partial charge in [-0.15, -0.1) is 0 Å². The second-order valence-electron chi connectivity index (χ2n) is 4.92. The molecule has 0 saturated heterocycles. The van der Waals surface area contributed by atoms with Gasteiger partial charge in [0, 0.05) is 11.7 Å². The summed E-state index contributed by atoms with van der Waals surface area (Å²) < 4.78 is 0. The summed E-state index contributed by atoms with van der Waals surface area (Å²) in [6.07, 6.45) is 0. The van der Waals surface area contributed by atoms with Crippen LogP contribution in [0.15, 0.2) is 42.5 Å². The van der Waals surface area contributed by atoms with Crippen molar-refractivity contribution >= 4 is 29.0 Å². The smallest absolute Gasteiger partial charge is 0.323 e. The third-order valence-electron chi connectivity index (χ3n) is 3.13. The van der Waals surface area contributed by atoms with Crippen LogP contribution in [-0.2, 0) is 0 Å². The lowest BCUT2D eigenvalue weighted by atomic mass is 10.1. The fraction of sp³-hybridized carbons (Fsp3) is 0.188. The third kappa shape index (κ3) is 3.97. The second kappa shape index (κ2) is 6.61. The van der Waals surface area contributed by atoms with Crippen molar-refractivity contribution in [3.63, 3.8) is 0 Å². The van der Waals surface area contributed by atoms with E-state index in [-0.39, 0.29) is 12.1 Å². The summed E-state index contributed by atoms with van der Waals surface area (Å²) in [5.74, 6) is 0. The normalized spacial score (nSPS) is 11.8. The molecule has 0 fully saturated rings. The standard InChI is InChI=1S/C16H18ClN3O/c1-10-5-3-8-14(17)15(10)20-16(21)19-13-7-4-6-12(9-13)11(2)18/h3-9,11H,18H2,1-2H3,(H2,19,20,21). The van der Waals surface area contributed by atoms with Gasteiger partial charge in [0.05, 0.1) is 10.7 Å². The Kier molecular flexibility index (Phi) is 4.83. The van der Waals surface area contributed by atoms with Gasteiger partial charge in [-0.25, -0.2) is 4.79 Å². The molecule has 2 aromatic carbocycles. The van der Waals surface area contributed by atoms with Crippen LogP contribution in [0.4, 0.5) is 16.2 Å². The molecule has 5 heteroatoms. The zero-order valence-corrected chi connectivity index (χ0v) is 12.7. The first-order valence-corrected chi connectivity index (χ1v) is 7.04. The number of anilines is 2. The van der Waals surface area contributed by atoms with Gasteiger partial charge in [0.1, 0.15) is 0 Å². The molecule has 4 N–H and O–H groups in total. The minimum atomic E-state index is -0.340. The van der Waals surface area contributed by atoms with E-state index in [1.165, 1.54) is 0 Å². The molecule has 4 nitrogen and oxygen atoms in total. The molecular weight excluding hydrogens is 286 g/mol. The predicted octanol–water partition coefficient (Wildman–Crippen LogP) is 4.31. The monoisotopic (exact) mass is 303 g/mol. The minimum absolute atomic E-state index is 0.0828. The van der Waals surface area contributed by atoms with Crippen molar-refractivity contribution in [3.05, 3.63) is 58.6 Å². The minimum Gasteiger partial charge on any atom is -0.324 e. The Morgan fingerprint density at radius 1 is 1.19 bits per heavy atom. The van der Waals surface area contributed by atoms with Crippen molar-refractivity contribution in [3.8, 4) is 0 Å². The topological polar surface area (TPSA) is 67.2 Å². The Balaban J connectivity index is 2.10. The molecule has 0 saturated carbocycles. The highest BCUT2D eigenvalue weighted by atomic mass is 35.5. The number of halogens is 1. The molecule has 110 valence electrons. The van der Waals surface area contributed by atoms with Crippen molar-refractivity contribution in [1.82, 2.24) is 0 Å². The van der Waals surface area contributed by atoms with Gasteiger partial charge in [-0.1, -0.05) is 35.9 Å². The van der Waals surface area contributed by atoms with Crippen LogP contribution in [0.1, 0.15) is 24.1 Å². The van der Waals surface area contributed by atoms with E-state index in [0.29, 0.717) is 16.4 Å². The van der Waals surface area contributed by atoms with E-state index in [1.54, 1.807) is 6.07 Å². The van der Waals surface area contributed by atoms with Crippen LogP contribution < -0.4 is 16.4 Å². The van der Waals surface area contributed by atoms with Crippen LogP contribution in [0.3, 0.4) is 0 Å². The van der Waals surface area contributed by atoms with E-state index in [2.05, 4.69) is 10.6 Å². The van der Waals surface area contributed by atoms with E-state index in [9.17, 15) is 4.79 Å². The Hall–Kier alpha value is -2.04. The maximum Gasteiger partial charge on any atom is 0.323 e. The third-order valence-corrected chi connectivity index (χ3v) is 3.45. The lowest BCUT2D eigenvalue weighted by Gasteiger charge is -2.12. The lowest BCUT2D eigenvalue weighted by molar-refractivity contribution is 0.262. The van der Waals surface area contributed by atoms with Gasteiger partial charge in [-0.3, -0.25) is 0 Å². The molecule has 2 rings (SSSR count). The Bertz CT molecular complexity index is 635. The predicted molar refractivity (Wildman–Crippen MR) is 87.9 cm³/mol. The summed E-state index contributed by atoms with van der Waals surface area (Å²) in [6, 6.07) is 12.5. The highest BCUT2D eigenvalue weighted by molar-refractivity contribution is 6.34. The highest BCUT2D eigenvalue weighted by Gasteiger charge is 2.09. The van der Waals surface area contributed by atoms with Gasteiger partial charge in [-0.2, -0.15) is 0 Å². The summed E-state index contributed by atoms with van der Waals surface area (Å²) in [5.41, 5.74) is 8.99. The number of nitrogens with one attached hydrogen (secondary N) is 2. The molecule has 0 aromatic heterocycles. The maximum atomic E-state index is 12.1. The van der Waals surface area contributed by atoms with Crippen molar-refractivity contribution < 1.29 is 4.79 Å². The van der Waals surface area contributed by atoms with E-state index in [0.717, 1.165) is 11.1 Å². The molecule has 0 aliphatic carbocycles. The first-order chi connectivity index (χ1) is 9.97. The molecule has 2 amide bonds. The number of carbonyl (C=O) groups excluding carboxylic acids is 1. The number of para-hydroxylation sites is 1. The Labute approximate surface area is 129 Å². The number of nitrogens with two attached hydrogens (primary N) is 1. The molecule has 0 aliphatic heterocycles. The van der Waals surface area contributed by atoms with Crippen LogP contribution in [0.25, 0.3) is 0 Å². The SMILES string of the molecule is Cc1cccc(Cl)c1NC(=O)Nc1cccc(C(C)N)c1. The molecule has 0 aliphatic rings. The summed E-state index contributed by atoms with van der Waals surface area (Å²) in [5, 5.41) is 6.05. The number of benzene rings is 2. The fourth-order valence-electron chi connectivity index (χ4n) is 1.97. The molecule has 0 heterocycles. The van der Waals surface area contributed by atoms with E-state index >= 15 is 0 Å². The van der Waals surface area contributed by atoms with Crippen LogP contribution in [-0.4, -0.2) is 6.03 Å². The van der Waals surface area contributed by atoms with Gasteiger partial charge in [0.25, 0.3) is 0 Å². The number of amides is 2. The van der Waals surface area contributed by atoms with Crippen LogP contribution >= 0.6 is 11.6 Å². The number of carbonyl (C=O) groups is 1. The molecule has 1 unspecified atom stereocenters. The van der Waals surface area contributed by atoms with Crippen molar-refractivity contribution in [1.29, 1.82) is 0 Å². The van der Waals surface area contributed by atoms with Crippen LogP contribution in [0.5, 0.6) is 0 Å². The van der Waals surface area contributed by atoms with Crippen LogP contribution in [0.2, 0.25) is 5.02 Å². The lowest BCUT2D eigenvalue weighted by Crippen LogP contribution is -2.20. The number of rotatable bonds is 3. The average Bonchev–Trinajstić information content (AvgIpc) is 2.43. The number of aryl methyl sites for hydroxylation is 1. The van der Waals surface area contributed by atoms with Crippen molar-refractivity contribution in [2.45, 2.75) is 19.9 Å². The van der Waals surface area contributed by atoms with Crippen molar-refractivity contribution in [2.24, 2.45) is 5.73 Å². The van der Waals surface area contributed by atoms with Crippen molar-refractivity contribution in [2.75, 3.05) is 10.6 Å². The molecule has 0 spiro atoms. The average molecular weight is 304 g/mol. The summed E-state index contributed by atoms with van der Waals surface area (Å²) >= 11 is 6.08. The molecule has 21 heavy (non-hydrogen) atoms.